The Hall–Kier alpha value is -3.95. The minimum Gasteiger partial charge on any atom is -0.494 e. The van der Waals surface area contributed by atoms with E-state index in [9.17, 15) is 24.0 Å². The molecule has 0 aliphatic carbocycles. The lowest BCUT2D eigenvalue weighted by Gasteiger charge is -2.34. The van der Waals surface area contributed by atoms with Gasteiger partial charge in [0.2, 0.25) is 11.8 Å². The largest absolute Gasteiger partial charge is 0.494 e. The van der Waals surface area contributed by atoms with Crippen LogP contribution < -0.4 is 15.4 Å². The smallest absolute Gasteiger partial charge is 0.407 e. The predicted molar refractivity (Wildman–Crippen MR) is 139 cm³/mol. The molecule has 1 fully saturated rings. The summed E-state index contributed by atoms with van der Waals surface area (Å²) >= 11 is 0. The van der Waals surface area contributed by atoms with Crippen LogP contribution in [0.5, 0.6) is 5.75 Å². The summed E-state index contributed by atoms with van der Waals surface area (Å²) in [5.41, 5.74) is 0.118. The van der Waals surface area contributed by atoms with E-state index in [-0.39, 0.29) is 12.8 Å². The third-order valence-corrected chi connectivity index (χ3v) is 6.38. The number of hydrogen-bond donors (Lipinski definition) is 2. The molecule has 5 amide bonds. The van der Waals surface area contributed by atoms with Crippen molar-refractivity contribution in [2.24, 2.45) is 0 Å². The van der Waals surface area contributed by atoms with Crippen molar-refractivity contribution in [3.05, 3.63) is 41.5 Å². The molecular weight excluding hydrogens is 490 g/mol. The zero-order chi connectivity index (χ0) is 27.4. The molecule has 202 valence electrons. The number of nitrogens with one attached hydrogen (secondary N) is 2. The van der Waals surface area contributed by atoms with E-state index in [2.05, 4.69) is 10.6 Å². The second-order valence-electron chi connectivity index (χ2n) is 10.5. The molecule has 2 heterocycles. The fourth-order valence-electron chi connectivity index (χ4n) is 4.67. The predicted octanol–water partition coefficient (Wildman–Crippen LogP) is 3.70. The fraction of sp³-hybridized carbons (Fsp3) is 0.464. The lowest BCUT2D eigenvalue weighted by atomic mass is 9.91. The summed E-state index contributed by atoms with van der Waals surface area (Å²) in [7, 11) is 0. The number of nitrogens with zero attached hydrogens (tertiary/aromatic N) is 1. The Morgan fingerprint density at radius 3 is 2.50 bits per heavy atom. The monoisotopic (exact) mass is 523 g/mol. The Bertz CT molecular complexity index is 1280. The number of carbonyl (C=O) groups excluding carboxylic acids is 5. The number of alkyl carbamates (subject to hydrolysis) is 1. The molecule has 1 saturated heterocycles. The van der Waals surface area contributed by atoms with Crippen molar-refractivity contribution >= 4 is 40.5 Å². The minimum atomic E-state index is -1.04. The van der Waals surface area contributed by atoms with Crippen molar-refractivity contribution in [1.29, 1.82) is 0 Å². The Kier molecular flexibility index (Phi) is 7.99. The molecule has 1 unspecified atom stereocenters. The van der Waals surface area contributed by atoms with Crippen LogP contribution in [0.25, 0.3) is 10.8 Å². The third-order valence-electron chi connectivity index (χ3n) is 6.38. The van der Waals surface area contributed by atoms with Gasteiger partial charge in [-0.3, -0.25) is 29.4 Å². The van der Waals surface area contributed by atoms with Gasteiger partial charge in [-0.2, -0.15) is 0 Å². The molecule has 2 aliphatic heterocycles. The molecule has 10 heteroatoms. The molecule has 2 aromatic rings. The molecule has 2 N–H and O–H groups in total. The quantitative estimate of drug-likeness (QED) is 0.378. The molecule has 0 radical (unpaired) electrons. The van der Waals surface area contributed by atoms with E-state index in [0.29, 0.717) is 40.8 Å². The Morgan fingerprint density at radius 1 is 1.03 bits per heavy atom. The zero-order valence-electron chi connectivity index (χ0n) is 21.9. The first kappa shape index (κ1) is 27.1. The first-order chi connectivity index (χ1) is 18.0. The number of ether oxygens (including phenoxy) is 2. The van der Waals surface area contributed by atoms with E-state index < -0.39 is 41.4 Å². The second kappa shape index (κ2) is 11.2. The van der Waals surface area contributed by atoms with Gasteiger partial charge in [-0.25, -0.2) is 4.79 Å². The van der Waals surface area contributed by atoms with Crippen LogP contribution in [0.1, 0.15) is 80.0 Å². The number of imide groups is 2. The van der Waals surface area contributed by atoms with Crippen molar-refractivity contribution in [3.63, 3.8) is 0 Å². The molecular formula is C28H33N3O7. The van der Waals surface area contributed by atoms with Gasteiger partial charge >= 0.3 is 6.09 Å². The number of hydrogen-bond acceptors (Lipinski definition) is 7. The Labute approximate surface area is 221 Å². The van der Waals surface area contributed by atoms with Gasteiger partial charge in [0.1, 0.15) is 17.4 Å². The summed E-state index contributed by atoms with van der Waals surface area (Å²) in [6.07, 6.45) is 3.15. The molecule has 2 aromatic carbocycles. The van der Waals surface area contributed by atoms with Crippen LogP contribution in [-0.2, 0) is 14.3 Å². The van der Waals surface area contributed by atoms with Crippen LogP contribution in [0.2, 0.25) is 0 Å². The SMILES string of the molecule is CC(C)(C)OC(=O)NCCCCCCOc1cc2c3c(cccc3c1)C(=O)N(C1CCC(=O)NC1=O)C2=O. The van der Waals surface area contributed by atoms with Crippen LogP contribution in [0.4, 0.5) is 4.79 Å². The van der Waals surface area contributed by atoms with Gasteiger partial charge in [0, 0.05) is 23.9 Å². The highest BCUT2D eigenvalue weighted by Gasteiger charge is 2.42. The maximum absolute atomic E-state index is 13.4. The molecule has 4 rings (SSSR count). The van der Waals surface area contributed by atoms with Crippen LogP contribution >= 0.6 is 0 Å². The molecule has 10 nitrogen and oxygen atoms in total. The highest BCUT2D eigenvalue weighted by Crippen LogP contribution is 2.35. The van der Waals surface area contributed by atoms with Gasteiger partial charge in [-0.05, 0) is 63.6 Å². The first-order valence-corrected chi connectivity index (χ1v) is 12.9. The normalized spacial score (nSPS) is 17.4. The van der Waals surface area contributed by atoms with E-state index in [1.54, 1.807) is 24.3 Å². The number of unbranched alkanes of at least 4 members (excludes halogenated alkanes) is 3. The number of amides is 5. The average molecular weight is 524 g/mol. The van der Waals surface area contributed by atoms with Crippen molar-refractivity contribution in [2.45, 2.75) is 70.9 Å². The summed E-state index contributed by atoms with van der Waals surface area (Å²) < 4.78 is 11.1. The maximum Gasteiger partial charge on any atom is 0.407 e. The van der Waals surface area contributed by atoms with Gasteiger partial charge < -0.3 is 14.8 Å². The van der Waals surface area contributed by atoms with E-state index in [0.717, 1.165) is 30.6 Å². The third kappa shape index (κ3) is 6.12. The van der Waals surface area contributed by atoms with E-state index in [1.807, 2.05) is 26.8 Å². The molecule has 1 atom stereocenters. The lowest BCUT2D eigenvalue weighted by Crippen LogP contribution is -2.57. The van der Waals surface area contributed by atoms with Crippen LogP contribution in [0, 0.1) is 0 Å². The summed E-state index contributed by atoms with van der Waals surface area (Å²) in [4.78, 5) is 63.3. The summed E-state index contributed by atoms with van der Waals surface area (Å²) in [6, 6.07) is 7.56. The van der Waals surface area contributed by atoms with E-state index in [1.165, 1.54) is 0 Å². The van der Waals surface area contributed by atoms with Crippen molar-refractivity contribution in [1.82, 2.24) is 15.5 Å². The number of carbonyl (C=O) groups is 5. The van der Waals surface area contributed by atoms with Gasteiger partial charge in [-0.15, -0.1) is 0 Å². The van der Waals surface area contributed by atoms with Crippen molar-refractivity contribution < 1.29 is 33.4 Å². The van der Waals surface area contributed by atoms with Crippen LogP contribution in [0.15, 0.2) is 30.3 Å². The number of rotatable bonds is 9. The molecule has 0 bridgehead atoms. The molecule has 0 saturated carbocycles. The highest BCUT2D eigenvalue weighted by atomic mass is 16.6. The average Bonchev–Trinajstić information content (AvgIpc) is 2.84. The van der Waals surface area contributed by atoms with Gasteiger partial charge in [0.15, 0.2) is 0 Å². The lowest BCUT2D eigenvalue weighted by molar-refractivity contribution is -0.136. The van der Waals surface area contributed by atoms with Crippen LogP contribution in [0.3, 0.4) is 0 Å². The Morgan fingerprint density at radius 2 is 1.76 bits per heavy atom. The molecule has 2 aliphatic rings. The highest BCUT2D eigenvalue weighted by molar-refractivity contribution is 6.27. The first-order valence-electron chi connectivity index (χ1n) is 12.9. The summed E-state index contributed by atoms with van der Waals surface area (Å²) in [6.45, 7) is 6.43. The maximum atomic E-state index is 13.4. The number of piperidine rings is 1. The van der Waals surface area contributed by atoms with Crippen molar-refractivity contribution in [2.75, 3.05) is 13.2 Å². The van der Waals surface area contributed by atoms with Gasteiger partial charge in [0.25, 0.3) is 11.8 Å². The molecule has 0 aromatic heterocycles. The standard InChI is InChI=1S/C28H33N3O7/c1-28(2,3)38-27(36)29-13-6-4-5-7-14-37-18-15-17-9-8-10-19-23(17)20(16-18)26(35)31(25(19)34)21-11-12-22(32)30-24(21)33/h8-10,15-16,21H,4-7,11-14H2,1-3H3,(H,29,36)(H,30,32,33). The molecule has 0 spiro atoms. The summed E-state index contributed by atoms with van der Waals surface area (Å²) in [5, 5.41) is 6.20. The van der Waals surface area contributed by atoms with Crippen LogP contribution in [-0.4, -0.2) is 59.4 Å². The zero-order valence-corrected chi connectivity index (χ0v) is 21.9. The summed E-state index contributed by atoms with van der Waals surface area (Å²) in [5.74, 6) is -1.68. The molecule has 38 heavy (non-hydrogen) atoms. The Balaban J connectivity index is 1.35. The van der Waals surface area contributed by atoms with Gasteiger partial charge in [0.05, 0.1) is 12.2 Å². The van der Waals surface area contributed by atoms with Crippen molar-refractivity contribution in [3.8, 4) is 5.75 Å². The fourth-order valence-corrected chi connectivity index (χ4v) is 4.67. The van der Waals surface area contributed by atoms with Gasteiger partial charge in [-0.1, -0.05) is 25.0 Å². The topological polar surface area (TPSA) is 131 Å². The minimum absolute atomic E-state index is 0.0603. The second-order valence-corrected chi connectivity index (χ2v) is 10.5. The number of benzene rings is 2. The van der Waals surface area contributed by atoms with E-state index in [4.69, 9.17) is 9.47 Å². The van der Waals surface area contributed by atoms with E-state index >= 15 is 0 Å².